The van der Waals surface area contributed by atoms with Gasteiger partial charge in [0.2, 0.25) is 5.75 Å². The molecule has 3 aromatic carbocycles. The molecule has 1 amide bonds. The first-order chi connectivity index (χ1) is 22.7. The summed E-state index contributed by atoms with van der Waals surface area (Å²) in [5.41, 5.74) is 6.22. The fourth-order valence-corrected chi connectivity index (χ4v) is 4.97. The molecule has 0 aliphatic heterocycles. The lowest BCUT2D eigenvalue weighted by molar-refractivity contribution is 0.0733. The van der Waals surface area contributed by atoms with Crippen LogP contribution in [0.2, 0.25) is 5.02 Å². The number of methoxy groups -OCH3 is 3. The van der Waals surface area contributed by atoms with Crippen LogP contribution in [-0.4, -0.2) is 44.0 Å². The number of hydrazone groups is 1. The summed E-state index contributed by atoms with van der Waals surface area (Å²) in [4.78, 5) is 25.8. The fourth-order valence-electron chi connectivity index (χ4n) is 4.79. The van der Waals surface area contributed by atoms with Gasteiger partial charge in [-0.25, -0.2) is 10.2 Å². The molecule has 0 fully saturated rings. The van der Waals surface area contributed by atoms with Crippen LogP contribution in [0, 0.1) is 13.8 Å². The second-order valence-electron chi connectivity index (χ2n) is 10.2. The van der Waals surface area contributed by atoms with Gasteiger partial charge in [0.25, 0.3) is 0 Å². The van der Waals surface area contributed by atoms with E-state index in [1.807, 2.05) is 24.3 Å². The van der Waals surface area contributed by atoms with E-state index in [1.165, 1.54) is 57.9 Å². The highest BCUT2D eigenvalue weighted by Gasteiger charge is 2.19. The van der Waals surface area contributed by atoms with Gasteiger partial charge in [0.05, 0.1) is 33.1 Å². The number of hydrogen-bond acceptors (Lipinski definition) is 9. The first-order valence-corrected chi connectivity index (χ1v) is 14.7. The highest BCUT2D eigenvalue weighted by molar-refractivity contribution is 6.31. The van der Waals surface area contributed by atoms with E-state index in [-0.39, 0.29) is 23.7 Å². The molecule has 2 heterocycles. The molecule has 47 heavy (non-hydrogen) atoms. The minimum Gasteiger partial charge on any atom is -0.493 e. The maximum atomic E-state index is 13.0. The zero-order valence-corrected chi connectivity index (χ0v) is 27.1. The zero-order chi connectivity index (χ0) is 33.5. The van der Waals surface area contributed by atoms with Crippen LogP contribution in [0.3, 0.4) is 0 Å². The number of carbonyl (C=O) groups is 2. The minimum atomic E-state index is -0.697. The number of aromatic nitrogens is 1. The van der Waals surface area contributed by atoms with Crippen molar-refractivity contribution >= 4 is 29.7 Å². The number of halogens is 1. The second-order valence-corrected chi connectivity index (χ2v) is 10.6. The minimum absolute atomic E-state index is 0.0369. The van der Waals surface area contributed by atoms with Gasteiger partial charge in [0.1, 0.15) is 23.9 Å². The summed E-state index contributed by atoms with van der Waals surface area (Å²) in [5, 5.41) is 4.36. The Labute approximate surface area is 276 Å². The summed E-state index contributed by atoms with van der Waals surface area (Å²) in [6, 6.07) is 22.6. The van der Waals surface area contributed by atoms with Crippen LogP contribution < -0.4 is 29.1 Å². The number of aryl methyl sites for hydroxylation is 2. The maximum Gasteiger partial charge on any atom is 0.343 e. The van der Waals surface area contributed by atoms with Crippen molar-refractivity contribution in [3.63, 3.8) is 0 Å². The van der Waals surface area contributed by atoms with Crippen molar-refractivity contribution < 1.29 is 37.7 Å². The molecular formula is C35H32ClN3O8. The molecule has 11 nitrogen and oxygen atoms in total. The van der Waals surface area contributed by atoms with Crippen molar-refractivity contribution in [3.8, 4) is 34.4 Å². The third-order valence-corrected chi connectivity index (χ3v) is 7.31. The number of ether oxygens (including phenoxy) is 5. The van der Waals surface area contributed by atoms with E-state index in [4.69, 9.17) is 39.7 Å². The number of nitrogens with zero attached hydrogens (tertiary/aromatic N) is 2. The van der Waals surface area contributed by atoms with Crippen molar-refractivity contribution in [3.05, 3.63) is 118 Å². The Hall–Kier alpha value is -5.68. The maximum absolute atomic E-state index is 13.0. The molecule has 2 aromatic heterocycles. The highest BCUT2D eigenvalue weighted by atomic mass is 35.5. The Balaban J connectivity index is 1.20. The molecule has 0 spiro atoms. The Bertz CT molecular complexity index is 1880. The predicted octanol–water partition coefficient (Wildman–Crippen LogP) is 6.93. The molecule has 0 saturated heterocycles. The van der Waals surface area contributed by atoms with E-state index >= 15 is 0 Å². The molecular weight excluding hydrogens is 626 g/mol. The first kappa shape index (κ1) is 32.7. The molecule has 0 atom stereocenters. The number of benzene rings is 3. The van der Waals surface area contributed by atoms with Crippen LogP contribution in [0.15, 0.2) is 88.4 Å². The third-order valence-electron chi connectivity index (χ3n) is 7.08. The van der Waals surface area contributed by atoms with Gasteiger partial charge in [-0.15, -0.1) is 0 Å². The number of amides is 1. The lowest BCUT2D eigenvalue weighted by atomic mass is 10.1. The molecule has 1 N–H and O–H groups in total. The van der Waals surface area contributed by atoms with Crippen LogP contribution in [0.1, 0.15) is 43.6 Å². The molecule has 5 aromatic rings. The fraction of sp³-hybridized carbons (Fsp3) is 0.171. The average Bonchev–Trinajstić information content (AvgIpc) is 3.70. The van der Waals surface area contributed by atoms with E-state index in [0.717, 1.165) is 17.1 Å². The Morgan fingerprint density at radius 3 is 2.17 bits per heavy atom. The Morgan fingerprint density at radius 2 is 1.53 bits per heavy atom. The Kier molecular flexibility index (Phi) is 10.2. The smallest absolute Gasteiger partial charge is 0.343 e. The first-order valence-electron chi connectivity index (χ1n) is 14.3. The molecule has 0 radical (unpaired) electrons. The molecule has 242 valence electrons. The van der Waals surface area contributed by atoms with Crippen molar-refractivity contribution in [2.24, 2.45) is 5.10 Å². The van der Waals surface area contributed by atoms with Crippen molar-refractivity contribution in [1.82, 2.24) is 9.99 Å². The van der Waals surface area contributed by atoms with Gasteiger partial charge in [0, 0.05) is 27.7 Å². The Morgan fingerprint density at radius 1 is 0.851 bits per heavy atom. The number of esters is 1. The molecule has 5 rings (SSSR count). The number of hydrogen-bond donors (Lipinski definition) is 1. The van der Waals surface area contributed by atoms with Gasteiger partial charge in [-0.2, -0.15) is 5.10 Å². The lowest BCUT2D eigenvalue weighted by Gasteiger charge is -2.14. The SMILES string of the molecule is COc1cc(C(=O)Oc2ccc(Cl)cc2/C=N/NC(=O)c2ccc(COc3ccc(-n4c(C)ccc4C)cc3)o2)cc(OC)c1OC. The van der Waals surface area contributed by atoms with Crippen LogP contribution in [0.5, 0.6) is 28.7 Å². The number of rotatable bonds is 12. The number of furan rings is 1. The quantitative estimate of drug-likeness (QED) is 0.0663. The van der Waals surface area contributed by atoms with Gasteiger partial charge in [-0.05, 0) is 92.7 Å². The van der Waals surface area contributed by atoms with Gasteiger partial charge in [-0.3, -0.25) is 4.79 Å². The molecule has 0 bridgehead atoms. The monoisotopic (exact) mass is 657 g/mol. The van der Waals surface area contributed by atoms with Gasteiger partial charge in [-0.1, -0.05) is 11.6 Å². The van der Waals surface area contributed by atoms with Crippen molar-refractivity contribution in [2.45, 2.75) is 20.5 Å². The van der Waals surface area contributed by atoms with Gasteiger partial charge >= 0.3 is 11.9 Å². The van der Waals surface area contributed by atoms with E-state index < -0.39 is 11.9 Å². The summed E-state index contributed by atoms with van der Waals surface area (Å²) >= 11 is 6.18. The van der Waals surface area contributed by atoms with Gasteiger partial charge < -0.3 is 32.7 Å². The highest BCUT2D eigenvalue weighted by Crippen LogP contribution is 2.38. The third kappa shape index (κ3) is 7.59. The standard InChI is InChI=1S/C35H32ClN3O8/c1-21-6-7-22(2)39(21)26-9-11-27(12-10-26)45-20-28-13-15-30(46-28)34(40)38-37-19-24-16-25(36)8-14-29(24)47-35(41)23-17-31(42-3)33(44-5)32(18-23)43-4/h6-19H,20H2,1-5H3,(H,38,40)/b37-19+. The summed E-state index contributed by atoms with van der Waals surface area (Å²) in [6.07, 6.45) is 1.30. The molecule has 0 saturated carbocycles. The normalized spacial score (nSPS) is 10.9. The summed E-state index contributed by atoms with van der Waals surface area (Å²) in [6.45, 7) is 4.24. The van der Waals surface area contributed by atoms with E-state index in [9.17, 15) is 9.59 Å². The van der Waals surface area contributed by atoms with Crippen LogP contribution in [-0.2, 0) is 6.61 Å². The van der Waals surface area contributed by atoms with E-state index in [0.29, 0.717) is 39.3 Å². The topological polar surface area (TPSA) is 123 Å². The predicted molar refractivity (Wildman–Crippen MR) is 176 cm³/mol. The largest absolute Gasteiger partial charge is 0.493 e. The summed E-state index contributed by atoms with van der Waals surface area (Å²) in [5.74, 6) is 0.929. The molecule has 0 aliphatic rings. The van der Waals surface area contributed by atoms with Crippen LogP contribution in [0.25, 0.3) is 5.69 Å². The van der Waals surface area contributed by atoms with Crippen LogP contribution in [0.4, 0.5) is 0 Å². The zero-order valence-electron chi connectivity index (χ0n) is 26.3. The van der Waals surface area contributed by atoms with Gasteiger partial charge in [0.15, 0.2) is 17.3 Å². The van der Waals surface area contributed by atoms with Crippen molar-refractivity contribution in [2.75, 3.05) is 21.3 Å². The van der Waals surface area contributed by atoms with E-state index in [2.05, 4.69) is 41.1 Å². The number of nitrogens with one attached hydrogen (secondary N) is 1. The average molecular weight is 658 g/mol. The molecule has 0 unspecified atom stereocenters. The molecule has 12 heteroatoms. The summed E-state index contributed by atoms with van der Waals surface area (Å²) in [7, 11) is 4.35. The van der Waals surface area contributed by atoms with Crippen LogP contribution >= 0.6 is 11.6 Å². The van der Waals surface area contributed by atoms with E-state index in [1.54, 1.807) is 12.1 Å². The number of carbonyl (C=O) groups excluding carboxylic acids is 2. The van der Waals surface area contributed by atoms with Crippen molar-refractivity contribution in [1.29, 1.82) is 0 Å². The summed E-state index contributed by atoms with van der Waals surface area (Å²) < 4.78 is 35.2. The lowest BCUT2D eigenvalue weighted by Crippen LogP contribution is -2.17. The second kappa shape index (κ2) is 14.6. The molecule has 0 aliphatic carbocycles.